The lowest BCUT2D eigenvalue weighted by Gasteiger charge is -2.21. The van der Waals surface area contributed by atoms with Gasteiger partial charge in [0.25, 0.3) is 0 Å². The van der Waals surface area contributed by atoms with Crippen LogP contribution in [0.25, 0.3) is 10.9 Å². The fraction of sp³-hybridized carbons (Fsp3) is 0.438. The molecule has 21 heavy (non-hydrogen) atoms. The minimum absolute atomic E-state index is 0.00286. The second-order valence-corrected chi connectivity index (χ2v) is 5.83. The van der Waals surface area contributed by atoms with Gasteiger partial charge in [-0.15, -0.1) is 0 Å². The minimum Gasteiger partial charge on any atom is -0.359 e. The highest BCUT2D eigenvalue weighted by Gasteiger charge is 2.17. The van der Waals surface area contributed by atoms with Crippen molar-refractivity contribution in [3.63, 3.8) is 0 Å². The lowest BCUT2D eigenvalue weighted by atomic mass is 10.2. The molecule has 2 heterocycles. The van der Waals surface area contributed by atoms with E-state index in [1.807, 2.05) is 30.0 Å². The standard InChI is InChI=1S/C16H22N4O/c1-12-10-13-11-14(4-5-15(13)17-12)18-16(21)20-7-3-6-19(2)8-9-20/h4-5,10-11,17H,3,6-9H2,1-2H3,(H,18,21). The molecule has 0 spiro atoms. The summed E-state index contributed by atoms with van der Waals surface area (Å²) < 4.78 is 0. The summed E-state index contributed by atoms with van der Waals surface area (Å²) in [6, 6.07) is 8.05. The highest BCUT2D eigenvalue weighted by molar-refractivity contribution is 5.93. The number of amides is 2. The second-order valence-electron chi connectivity index (χ2n) is 5.83. The molecular formula is C16H22N4O. The second kappa shape index (κ2) is 5.77. The van der Waals surface area contributed by atoms with Crippen LogP contribution in [0.15, 0.2) is 24.3 Å². The quantitative estimate of drug-likeness (QED) is 0.846. The molecule has 1 aliphatic rings. The third kappa shape index (κ3) is 3.19. The topological polar surface area (TPSA) is 51.4 Å². The van der Waals surface area contributed by atoms with Gasteiger partial charge >= 0.3 is 6.03 Å². The molecule has 2 N–H and O–H groups in total. The zero-order valence-corrected chi connectivity index (χ0v) is 12.6. The van der Waals surface area contributed by atoms with Gasteiger partial charge in [0, 0.05) is 41.9 Å². The summed E-state index contributed by atoms with van der Waals surface area (Å²) in [6.45, 7) is 5.63. The molecule has 0 bridgehead atoms. The molecule has 1 saturated heterocycles. The Morgan fingerprint density at radius 3 is 2.90 bits per heavy atom. The van der Waals surface area contributed by atoms with Crippen molar-refractivity contribution >= 4 is 22.6 Å². The van der Waals surface area contributed by atoms with Gasteiger partial charge in [-0.1, -0.05) is 0 Å². The van der Waals surface area contributed by atoms with Crippen molar-refractivity contribution < 1.29 is 4.79 Å². The zero-order valence-electron chi connectivity index (χ0n) is 12.6. The van der Waals surface area contributed by atoms with Crippen LogP contribution < -0.4 is 5.32 Å². The maximum atomic E-state index is 12.4. The smallest absolute Gasteiger partial charge is 0.321 e. The maximum absolute atomic E-state index is 12.4. The lowest BCUT2D eigenvalue weighted by Crippen LogP contribution is -2.37. The first kappa shape index (κ1) is 13.9. The van der Waals surface area contributed by atoms with Crippen molar-refractivity contribution in [2.24, 2.45) is 0 Å². The fourth-order valence-corrected chi connectivity index (χ4v) is 2.81. The number of carbonyl (C=O) groups is 1. The Morgan fingerprint density at radius 1 is 1.19 bits per heavy atom. The number of fused-ring (bicyclic) bond motifs is 1. The van der Waals surface area contributed by atoms with Gasteiger partial charge in [0.15, 0.2) is 0 Å². The van der Waals surface area contributed by atoms with Crippen LogP contribution in [-0.2, 0) is 0 Å². The molecule has 0 atom stereocenters. The Hall–Kier alpha value is -2.01. The number of aryl methyl sites for hydroxylation is 1. The Kier molecular flexibility index (Phi) is 3.84. The Balaban J connectivity index is 1.70. The molecule has 0 radical (unpaired) electrons. The van der Waals surface area contributed by atoms with Crippen LogP contribution in [0.5, 0.6) is 0 Å². The van der Waals surface area contributed by atoms with E-state index in [2.05, 4.69) is 28.3 Å². The Bertz CT molecular complexity index is 649. The van der Waals surface area contributed by atoms with Gasteiger partial charge in [0.1, 0.15) is 0 Å². The number of hydrogen-bond acceptors (Lipinski definition) is 2. The van der Waals surface area contributed by atoms with E-state index in [9.17, 15) is 4.79 Å². The van der Waals surface area contributed by atoms with E-state index >= 15 is 0 Å². The molecule has 0 aliphatic carbocycles. The van der Waals surface area contributed by atoms with Gasteiger partial charge in [0.2, 0.25) is 0 Å². The van der Waals surface area contributed by atoms with Gasteiger partial charge in [-0.05, 0) is 51.2 Å². The largest absolute Gasteiger partial charge is 0.359 e. The molecule has 0 saturated carbocycles. The molecule has 1 aromatic carbocycles. The van der Waals surface area contributed by atoms with Crippen molar-refractivity contribution in [2.45, 2.75) is 13.3 Å². The molecule has 0 unspecified atom stereocenters. The van der Waals surface area contributed by atoms with Crippen molar-refractivity contribution in [3.05, 3.63) is 30.0 Å². The van der Waals surface area contributed by atoms with Crippen LogP contribution in [0.3, 0.4) is 0 Å². The Morgan fingerprint density at radius 2 is 2.05 bits per heavy atom. The van der Waals surface area contributed by atoms with Crippen LogP contribution in [0.4, 0.5) is 10.5 Å². The first-order chi connectivity index (χ1) is 10.1. The van der Waals surface area contributed by atoms with E-state index in [1.54, 1.807) is 0 Å². The summed E-state index contributed by atoms with van der Waals surface area (Å²) in [5, 5.41) is 4.14. The normalized spacial score (nSPS) is 17.0. The van der Waals surface area contributed by atoms with E-state index in [4.69, 9.17) is 0 Å². The van der Waals surface area contributed by atoms with Crippen molar-refractivity contribution in [3.8, 4) is 0 Å². The summed E-state index contributed by atoms with van der Waals surface area (Å²) >= 11 is 0. The van der Waals surface area contributed by atoms with Crippen LogP contribution in [-0.4, -0.2) is 54.0 Å². The number of urea groups is 1. The average Bonchev–Trinajstić information content (AvgIpc) is 2.66. The number of nitrogens with zero attached hydrogens (tertiary/aromatic N) is 2. The number of aromatic nitrogens is 1. The summed E-state index contributed by atoms with van der Waals surface area (Å²) in [5.41, 5.74) is 3.08. The molecule has 1 fully saturated rings. The number of hydrogen-bond donors (Lipinski definition) is 2. The molecule has 1 aliphatic heterocycles. The number of H-pyrrole nitrogens is 1. The van der Waals surface area contributed by atoms with Crippen LogP contribution in [0.2, 0.25) is 0 Å². The van der Waals surface area contributed by atoms with E-state index in [-0.39, 0.29) is 6.03 Å². The molecule has 2 amide bonds. The van der Waals surface area contributed by atoms with Crippen molar-refractivity contribution in [1.29, 1.82) is 0 Å². The van der Waals surface area contributed by atoms with Crippen LogP contribution in [0, 0.1) is 6.92 Å². The summed E-state index contributed by atoms with van der Waals surface area (Å²) in [5.74, 6) is 0. The summed E-state index contributed by atoms with van der Waals surface area (Å²) in [4.78, 5) is 19.8. The number of nitrogens with one attached hydrogen (secondary N) is 2. The SMILES string of the molecule is Cc1cc2cc(NC(=O)N3CCCN(C)CC3)ccc2[nH]1. The van der Waals surface area contributed by atoms with Crippen molar-refractivity contribution in [2.75, 3.05) is 38.5 Å². The van der Waals surface area contributed by atoms with E-state index in [0.717, 1.165) is 54.9 Å². The molecule has 112 valence electrons. The van der Waals surface area contributed by atoms with E-state index in [0.29, 0.717) is 0 Å². The summed E-state index contributed by atoms with van der Waals surface area (Å²) in [7, 11) is 2.10. The van der Waals surface area contributed by atoms with E-state index < -0.39 is 0 Å². The zero-order chi connectivity index (χ0) is 14.8. The average molecular weight is 286 g/mol. The number of carbonyl (C=O) groups excluding carboxylic acids is 1. The minimum atomic E-state index is -0.00286. The van der Waals surface area contributed by atoms with Gasteiger partial charge in [-0.2, -0.15) is 0 Å². The summed E-state index contributed by atoms with van der Waals surface area (Å²) in [6.07, 6.45) is 1.03. The number of anilines is 1. The van der Waals surface area contributed by atoms with E-state index in [1.165, 1.54) is 0 Å². The molecule has 2 aromatic rings. The molecule has 3 rings (SSSR count). The third-order valence-electron chi connectivity index (χ3n) is 4.01. The highest BCUT2D eigenvalue weighted by Crippen LogP contribution is 2.20. The number of aromatic amines is 1. The van der Waals surface area contributed by atoms with Gasteiger partial charge < -0.3 is 20.1 Å². The highest BCUT2D eigenvalue weighted by atomic mass is 16.2. The molecule has 5 nitrogen and oxygen atoms in total. The molecule has 5 heteroatoms. The fourth-order valence-electron chi connectivity index (χ4n) is 2.81. The number of likely N-dealkylation sites (N-methyl/N-ethyl adjacent to an activating group) is 1. The molecular weight excluding hydrogens is 264 g/mol. The maximum Gasteiger partial charge on any atom is 0.321 e. The monoisotopic (exact) mass is 286 g/mol. The predicted molar refractivity (Wildman–Crippen MR) is 85.7 cm³/mol. The first-order valence-electron chi connectivity index (χ1n) is 7.46. The van der Waals surface area contributed by atoms with Crippen molar-refractivity contribution in [1.82, 2.24) is 14.8 Å². The predicted octanol–water partition coefficient (Wildman–Crippen LogP) is 2.65. The number of benzene rings is 1. The molecule has 1 aromatic heterocycles. The van der Waals surface area contributed by atoms with Crippen LogP contribution >= 0.6 is 0 Å². The van der Waals surface area contributed by atoms with Gasteiger partial charge in [-0.25, -0.2) is 4.79 Å². The van der Waals surface area contributed by atoms with Gasteiger partial charge in [-0.3, -0.25) is 0 Å². The van der Waals surface area contributed by atoms with Gasteiger partial charge in [0.05, 0.1) is 0 Å². The third-order valence-corrected chi connectivity index (χ3v) is 4.01. The lowest BCUT2D eigenvalue weighted by molar-refractivity contribution is 0.213. The van der Waals surface area contributed by atoms with Crippen LogP contribution in [0.1, 0.15) is 12.1 Å². The number of rotatable bonds is 1. The Labute approximate surface area is 124 Å². The first-order valence-corrected chi connectivity index (χ1v) is 7.46.